The number of nitrogens with two attached hydrogens (primary N) is 1. The van der Waals surface area contributed by atoms with Crippen LogP contribution < -0.4 is 20.9 Å². The van der Waals surface area contributed by atoms with E-state index in [0.717, 1.165) is 5.56 Å². The molecule has 1 aromatic heterocycles. The molecule has 5 atom stereocenters. The smallest absolute Gasteiger partial charge is 0.351 e. The number of ether oxygens (including phenoxy) is 3. The number of aliphatic hydroxyl groups is 2. The number of hydrogen-bond acceptors (Lipinski definition) is 9. The second kappa shape index (κ2) is 11.5. The Morgan fingerprint density at radius 2 is 1.59 bits per heavy atom. The Morgan fingerprint density at radius 1 is 1.00 bits per heavy atom. The molecule has 212 valence electrons. The summed E-state index contributed by atoms with van der Waals surface area (Å²) in [6, 6.07) is 25.0. The highest BCUT2D eigenvalue weighted by molar-refractivity contribution is 5.69. The predicted octanol–water partition coefficient (Wildman–Crippen LogP) is 2.80. The fourth-order valence-electron chi connectivity index (χ4n) is 5.54. The summed E-state index contributed by atoms with van der Waals surface area (Å²) in [5.41, 5.74) is 5.83. The van der Waals surface area contributed by atoms with Gasteiger partial charge in [-0.15, -0.1) is 0 Å². The average molecular weight is 558 g/mol. The van der Waals surface area contributed by atoms with Crippen LogP contribution in [0.1, 0.15) is 36.3 Å². The number of carbonyl (C=O) groups is 1. The van der Waals surface area contributed by atoms with Gasteiger partial charge in [0.05, 0.1) is 18.6 Å². The number of nitrogen functional groups attached to an aromatic ring is 1. The maximum atomic E-state index is 12.5. The normalized spacial score (nSPS) is 20.6. The lowest BCUT2D eigenvalue weighted by Crippen LogP contribution is -2.51. The van der Waals surface area contributed by atoms with Crippen LogP contribution in [0.15, 0.2) is 95.9 Å². The van der Waals surface area contributed by atoms with Crippen LogP contribution in [0, 0.1) is 0 Å². The van der Waals surface area contributed by atoms with Crippen molar-refractivity contribution in [1.29, 1.82) is 0 Å². The third-order valence-corrected chi connectivity index (χ3v) is 7.40. The van der Waals surface area contributed by atoms with E-state index in [0.29, 0.717) is 22.6 Å². The SMILES string of the molecule is COc1ccc(C(c2ccccc2)(c2ccc(OC(C)=O)cc2)C(O)[C@H]2O[C@@H](n3ccc(N)nc3=O)C[C@@H]2O)cc1. The lowest BCUT2D eigenvalue weighted by Gasteiger charge is -2.43. The Labute approximate surface area is 236 Å². The molecular formula is C31H31N3O7. The average Bonchev–Trinajstić information content (AvgIpc) is 3.35. The zero-order valence-corrected chi connectivity index (χ0v) is 22.6. The zero-order valence-electron chi connectivity index (χ0n) is 22.6. The molecule has 10 nitrogen and oxygen atoms in total. The van der Waals surface area contributed by atoms with Crippen molar-refractivity contribution in [3.63, 3.8) is 0 Å². The van der Waals surface area contributed by atoms with Crippen LogP contribution >= 0.6 is 0 Å². The van der Waals surface area contributed by atoms with Gasteiger partial charge >= 0.3 is 11.7 Å². The molecule has 10 heteroatoms. The summed E-state index contributed by atoms with van der Waals surface area (Å²) in [5.74, 6) is 0.590. The van der Waals surface area contributed by atoms with Crippen LogP contribution in [-0.4, -0.2) is 51.2 Å². The number of anilines is 1. The molecular weight excluding hydrogens is 526 g/mol. The van der Waals surface area contributed by atoms with Gasteiger partial charge in [0.15, 0.2) is 0 Å². The van der Waals surface area contributed by atoms with E-state index in [1.54, 1.807) is 43.5 Å². The van der Waals surface area contributed by atoms with E-state index >= 15 is 0 Å². The number of benzene rings is 3. The van der Waals surface area contributed by atoms with Crippen LogP contribution in [0.4, 0.5) is 5.82 Å². The van der Waals surface area contributed by atoms with Crippen molar-refractivity contribution in [2.45, 2.75) is 43.3 Å². The molecule has 1 fully saturated rings. The molecule has 0 saturated carbocycles. The van der Waals surface area contributed by atoms with Crippen LogP contribution in [-0.2, 0) is 14.9 Å². The van der Waals surface area contributed by atoms with Gasteiger partial charge in [0.25, 0.3) is 0 Å². The van der Waals surface area contributed by atoms with Gasteiger partial charge in [-0.2, -0.15) is 4.98 Å². The van der Waals surface area contributed by atoms with Gasteiger partial charge in [0.2, 0.25) is 0 Å². The minimum Gasteiger partial charge on any atom is -0.497 e. The summed E-state index contributed by atoms with van der Waals surface area (Å²) in [6.45, 7) is 1.32. The Bertz CT molecular complexity index is 1560. The fourth-order valence-corrected chi connectivity index (χ4v) is 5.54. The largest absolute Gasteiger partial charge is 0.497 e. The molecule has 41 heavy (non-hydrogen) atoms. The highest BCUT2D eigenvalue weighted by atomic mass is 16.5. The van der Waals surface area contributed by atoms with Crippen molar-refractivity contribution in [2.24, 2.45) is 0 Å². The Hall–Kier alpha value is -4.51. The lowest BCUT2D eigenvalue weighted by molar-refractivity contribution is -0.131. The zero-order chi connectivity index (χ0) is 29.1. The van der Waals surface area contributed by atoms with Gasteiger partial charge in [-0.3, -0.25) is 9.36 Å². The first-order chi connectivity index (χ1) is 19.7. The number of nitrogens with zero attached hydrogens (tertiary/aromatic N) is 2. The fraction of sp³-hybridized carbons (Fsp3) is 0.258. The van der Waals surface area contributed by atoms with Gasteiger partial charge in [0.1, 0.15) is 35.8 Å². The summed E-state index contributed by atoms with van der Waals surface area (Å²) in [7, 11) is 1.57. The number of hydrogen-bond donors (Lipinski definition) is 3. The summed E-state index contributed by atoms with van der Waals surface area (Å²) in [5, 5.41) is 23.6. The molecule has 0 spiro atoms. The molecule has 0 amide bonds. The van der Waals surface area contributed by atoms with Crippen molar-refractivity contribution in [3.05, 3.63) is 118 Å². The molecule has 0 aliphatic carbocycles. The number of aromatic nitrogens is 2. The van der Waals surface area contributed by atoms with E-state index in [9.17, 15) is 19.8 Å². The summed E-state index contributed by atoms with van der Waals surface area (Å²) < 4.78 is 18.1. The van der Waals surface area contributed by atoms with E-state index in [4.69, 9.17) is 19.9 Å². The van der Waals surface area contributed by atoms with E-state index in [-0.39, 0.29) is 12.2 Å². The van der Waals surface area contributed by atoms with Crippen molar-refractivity contribution in [2.75, 3.05) is 12.8 Å². The summed E-state index contributed by atoms with van der Waals surface area (Å²) >= 11 is 0. The van der Waals surface area contributed by atoms with E-state index in [1.807, 2.05) is 42.5 Å². The molecule has 1 aliphatic heterocycles. The Morgan fingerprint density at radius 3 is 2.15 bits per heavy atom. The molecule has 5 rings (SSSR count). The maximum Gasteiger partial charge on any atom is 0.351 e. The molecule has 1 aliphatic rings. The maximum absolute atomic E-state index is 12.5. The van der Waals surface area contributed by atoms with Gasteiger partial charge in [-0.05, 0) is 47.0 Å². The number of rotatable bonds is 8. The second-order valence-corrected chi connectivity index (χ2v) is 9.87. The van der Waals surface area contributed by atoms with Crippen molar-refractivity contribution in [1.82, 2.24) is 9.55 Å². The van der Waals surface area contributed by atoms with Gasteiger partial charge in [-0.25, -0.2) is 4.79 Å². The minimum atomic E-state index is -1.35. The first-order valence-corrected chi connectivity index (χ1v) is 13.1. The first kappa shape index (κ1) is 28.0. The Kier molecular flexibility index (Phi) is 7.89. The quantitative estimate of drug-likeness (QED) is 0.169. The summed E-state index contributed by atoms with van der Waals surface area (Å²) in [4.78, 5) is 27.9. The highest BCUT2D eigenvalue weighted by Gasteiger charge is 2.52. The molecule has 0 bridgehead atoms. The molecule has 1 saturated heterocycles. The monoisotopic (exact) mass is 557 g/mol. The van der Waals surface area contributed by atoms with Crippen LogP contribution in [0.5, 0.6) is 11.5 Å². The van der Waals surface area contributed by atoms with E-state index in [2.05, 4.69) is 4.98 Å². The Balaban J connectivity index is 1.67. The van der Waals surface area contributed by atoms with Crippen molar-refractivity contribution >= 4 is 11.8 Å². The topological polar surface area (TPSA) is 146 Å². The standard InChI is InChI=1S/C31H31N3O7/c1-19(35)40-24-14-10-22(11-15-24)31(20-6-4-3-5-7-20,21-8-12-23(39-2)13-9-21)29(37)28-25(36)18-27(41-28)34-17-16-26(32)33-30(34)38/h3-17,25,27-29,36-37H,18H2,1-2H3,(H2,32,33,38)/t25-,27+,28-,29?,31?/m0/s1. The molecule has 4 aromatic rings. The van der Waals surface area contributed by atoms with Gasteiger partial charge in [0, 0.05) is 19.5 Å². The number of carbonyl (C=O) groups excluding carboxylic acids is 1. The van der Waals surface area contributed by atoms with Gasteiger partial charge in [-0.1, -0.05) is 54.6 Å². The van der Waals surface area contributed by atoms with Gasteiger partial charge < -0.3 is 30.2 Å². The van der Waals surface area contributed by atoms with E-state index < -0.39 is 41.6 Å². The van der Waals surface area contributed by atoms with Crippen molar-refractivity contribution < 1.29 is 29.2 Å². The number of methoxy groups -OCH3 is 1. The molecule has 4 N–H and O–H groups in total. The second-order valence-electron chi connectivity index (χ2n) is 9.87. The lowest BCUT2D eigenvalue weighted by atomic mass is 9.64. The summed E-state index contributed by atoms with van der Waals surface area (Å²) in [6.07, 6.45) is -2.96. The van der Waals surface area contributed by atoms with Crippen LogP contribution in [0.2, 0.25) is 0 Å². The van der Waals surface area contributed by atoms with E-state index in [1.165, 1.54) is 23.8 Å². The predicted molar refractivity (Wildman–Crippen MR) is 151 cm³/mol. The highest BCUT2D eigenvalue weighted by Crippen LogP contribution is 2.47. The third-order valence-electron chi connectivity index (χ3n) is 7.40. The molecule has 0 radical (unpaired) electrons. The number of esters is 1. The van der Waals surface area contributed by atoms with Crippen LogP contribution in [0.25, 0.3) is 0 Å². The molecule has 2 heterocycles. The first-order valence-electron chi connectivity index (χ1n) is 13.1. The molecule has 3 aromatic carbocycles. The van der Waals surface area contributed by atoms with Crippen molar-refractivity contribution in [3.8, 4) is 11.5 Å². The minimum absolute atomic E-state index is 0.0477. The molecule has 2 unspecified atom stereocenters. The number of aliphatic hydroxyl groups excluding tert-OH is 2. The van der Waals surface area contributed by atoms with Crippen LogP contribution in [0.3, 0.4) is 0 Å². The third kappa shape index (κ3) is 5.32.